The van der Waals surface area contributed by atoms with Gasteiger partial charge in [0.25, 0.3) is 5.91 Å². The molecule has 3 heterocycles. The largest absolute Gasteiger partial charge is 0.419 e. The maximum atomic E-state index is 13.7. The molecular weight excluding hydrogens is 558 g/mol. The third-order valence-electron chi connectivity index (χ3n) is 6.58. The molecule has 4 aromatic rings. The summed E-state index contributed by atoms with van der Waals surface area (Å²) in [5.74, 6) is -0.824. The number of aryl methyl sites for hydroxylation is 1. The number of ether oxygens (including phenoxy) is 1. The summed E-state index contributed by atoms with van der Waals surface area (Å²) in [5, 5.41) is 12.5. The molecule has 2 aromatic carbocycles. The van der Waals surface area contributed by atoms with Gasteiger partial charge in [-0.25, -0.2) is 19.5 Å². The predicted molar refractivity (Wildman–Crippen MR) is 146 cm³/mol. The van der Waals surface area contributed by atoms with E-state index in [1.807, 2.05) is 6.92 Å². The summed E-state index contributed by atoms with van der Waals surface area (Å²) < 4.78 is 58.6. The molecule has 220 valence electrons. The van der Waals surface area contributed by atoms with Crippen LogP contribution in [-0.2, 0) is 10.9 Å². The Labute approximate surface area is 237 Å². The van der Waals surface area contributed by atoms with E-state index >= 15 is 0 Å². The summed E-state index contributed by atoms with van der Waals surface area (Å²) in [6, 6.07) is 8.76. The Kier molecular flexibility index (Phi) is 8.59. The van der Waals surface area contributed by atoms with E-state index in [0.717, 1.165) is 31.3 Å². The number of nitrogens with zero attached hydrogens (tertiary/aromatic N) is 6. The van der Waals surface area contributed by atoms with Gasteiger partial charge in [0.2, 0.25) is 5.95 Å². The van der Waals surface area contributed by atoms with E-state index in [0.29, 0.717) is 55.2 Å². The first-order chi connectivity index (χ1) is 20.2. The second-order valence-electron chi connectivity index (χ2n) is 9.43. The van der Waals surface area contributed by atoms with Crippen molar-refractivity contribution >= 4 is 34.9 Å². The molecule has 2 aromatic heterocycles. The van der Waals surface area contributed by atoms with Crippen molar-refractivity contribution < 1.29 is 27.1 Å². The summed E-state index contributed by atoms with van der Waals surface area (Å²) in [5.41, 5.74) is -0.293. The van der Waals surface area contributed by atoms with Crippen LogP contribution in [-0.4, -0.2) is 75.3 Å². The third kappa shape index (κ3) is 6.80. The van der Waals surface area contributed by atoms with Crippen LogP contribution < -0.4 is 15.5 Å². The molecule has 1 aliphatic heterocycles. The monoisotopic (exact) mass is 585 g/mol. The number of carbonyl (C=O) groups excluding carboxylic acids is 1. The van der Waals surface area contributed by atoms with Crippen LogP contribution in [0.3, 0.4) is 0 Å². The highest BCUT2D eigenvalue weighted by atomic mass is 19.4. The number of nitrogens with one attached hydrogen (secondary N) is 3. The van der Waals surface area contributed by atoms with Crippen LogP contribution in [0.15, 0.2) is 55.1 Å². The molecule has 0 spiro atoms. The second kappa shape index (κ2) is 12.5. The number of hydrogen-bond acceptors (Lipinski definition) is 9. The smallest absolute Gasteiger partial charge is 0.379 e. The number of anilines is 5. The van der Waals surface area contributed by atoms with Crippen molar-refractivity contribution in [3.8, 4) is 0 Å². The fraction of sp³-hybridized carbons (Fsp3) is 0.296. The number of aromatic amines is 1. The lowest BCUT2D eigenvalue weighted by molar-refractivity contribution is -0.139. The summed E-state index contributed by atoms with van der Waals surface area (Å²) in [7, 11) is 0. The Balaban J connectivity index is 1.40. The molecule has 0 unspecified atom stereocenters. The number of morpholine rings is 1. The van der Waals surface area contributed by atoms with E-state index in [4.69, 9.17) is 4.74 Å². The fourth-order valence-corrected chi connectivity index (χ4v) is 4.40. The number of amides is 1. The van der Waals surface area contributed by atoms with E-state index in [2.05, 4.69) is 40.7 Å². The van der Waals surface area contributed by atoms with Crippen molar-refractivity contribution in [2.45, 2.75) is 13.1 Å². The molecule has 0 bridgehead atoms. The second-order valence-corrected chi connectivity index (χ2v) is 9.43. The van der Waals surface area contributed by atoms with Crippen LogP contribution in [0.5, 0.6) is 0 Å². The molecule has 1 saturated heterocycles. The topological polar surface area (TPSA) is 124 Å². The van der Waals surface area contributed by atoms with Crippen molar-refractivity contribution in [3.63, 3.8) is 0 Å². The van der Waals surface area contributed by atoms with Crippen molar-refractivity contribution in [2.75, 3.05) is 54.9 Å². The van der Waals surface area contributed by atoms with Gasteiger partial charge >= 0.3 is 6.18 Å². The standard InChI is InChI=1S/C27H27F4N9O2/c1-17-2-3-18(25(41)37-19-4-5-21(28)20(13-19)27(29,30)31)12-22(17)40(26-35-16-36-38-26)24-14-23(33-15-34-24)32-6-7-39-8-10-42-11-9-39/h2-5,12-16H,6-11H2,1H3,(H,37,41)(H,32,33,34)(H,35,36,38). The lowest BCUT2D eigenvalue weighted by Gasteiger charge is -2.26. The van der Waals surface area contributed by atoms with Crippen LogP contribution in [0.25, 0.3) is 0 Å². The van der Waals surface area contributed by atoms with Gasteiger partial charge in [0, 0.05) is 43.5 Å². The first kappa shape index (κ1) is 28.9. The van der Waals surface area contributed by atoms with E-state index in [-0.39, 0.29) is 11.3 Å². The number of carbonyl (C=O) groups is 1. The molecule has 1 aliphatic rings. The molecule has 1 amide bonds. The van der Waals surface area contributed by atoms with Gasteiger partial charge in [-0.3, -0.25) is 14.6 Å². The van der Waals surface area contributed by atoms with Crippen LogP contribution in [0, 0.1) is 12.7 Å². The molecule has 11 nitrogen and oxygen atoms in total. The van der Waals surface area contributed by atoms with E-state index in [1.54, 1.807) is 23.1 Å². The lowest BCUT2D eigenvalue weighted by atomic mass is 10.1. The Morgan fingerprint density at radius 1 is 1.07 bits per heavy atom. The molecule has 42 heavy (non-hydrogen) atoms. The number of rotatable bonds is 9. The van der Waals surface area contributed by atoms with Crippen molar-refractivity contribution in [1.82, 2.24) is 30.0 Å². The predicted octanol–water partition coefficient (Wildman–Crippen LogP) is 4.53. The zero-order chi connectivity index (χ0) is 29.7. The van der Waals surface area contributed by atoms with E-state index in [1.165, 1.54) is 18.7 Å². The Morgan fingerprint density at radius 2 is 1.88 bits per heavy atom. The minimum absolute atomic E-state index is 0.135. The van der Waals surface area contributed by atoms with Gasteiger partial charge in [-0.05, 0) is 42.8 Å². The molecule has 0 aliphatic carbocycles. The molecule has 0 atom stereocenters. The number of benzene rings is 2. The summed E-state index contributed by atoms with van der Waals surface area (Å²) in [6.45, 7) is 6.42. The van der Waals surface area contributed by atoms with Gasteiger partial charge in [-0.2, -0.15) is 23.3 Å². The quantitative estimate of drug-likeness (QED) is 0.243. The maximum absolute atomic E-state index is 13.7. The highest BCUT2D eigenvalue weighted by molar-refractivity contribution is 6.05. The fourth-order valence-electron chi connectivity index (χ4n) is 4.40. The first-order valence-corrected chi connectivity index (χ1v) is 13.0. The molecule has 15 heteroatoms. The number of alkyl halides is 3. The summed E-state index contributed by atoms with van der Waals surface area (Å²) in [6.07, 6.45) is -2.19. The van der Waals surface area contributed by atoms with Gasteiger partial charge in [-0.1, -0.05) is 6.07 Å². The number of H-pyrrole nitrogens is 1. The van der Waals surface area contributed by atoms with Crippen LogP contribution in [0.1, 0.15) is 21.5 Å². The normalized spacial score (nSPS) is 14.0. The van der Waals surface area contributed by atoms with Crippen molar-refractivity contribution in [1.29, 1.82) is 0 Å². The maximum Gasteiger partial charge on any atom is 0.419 e. The number of halogens is 4. The lowest BCUT2D eigenvalue weighted by Crippen LogP contribution is -2.39. The third-order valence-corrected chi connectivity index (χ3v) is 6.58. The average Bonchev–Trinajstić information content (AvgIpc) is 3.50. The molecular formula is C27H27F4N9O2. The summed E-state index contributed by atoms with van der Waals surface area (Å²) in [4.78, 5) is 30.0. The Bertz CT molecular complexity index is 1530. The Morgan fingerprint density at radius 3 is 2.62 bits per heavy atom. The van der Waals surface area contributed by atoms with Gasteiger partial charge in [0.05, 0.1) is 24.5 Å². The highest BCUT2D eigenvalue weighted by Crippen LogP contribution is 2.35. The Hall–Kier alpha value is -4.63. The molecule has 0 radical (unpaired) electrons. The summed E-state index contributed by atoms with van der Waals surface area (Å²) >= 11 is 0. The van der Waals surface area contributed by atoms with Gasteiger partial charge in [0.1, 0.15) is 30.1 Å². The first-order valence-electron chi connectivity index (χ1n) is 13.0. The van der Waals surface area contributed by atoms with Crippen molar-refractivity contribution in [3.05, 3.63) is 77.6 Å². The average molecular weight is 586 g/mol. The zero-order valence-corrected chi connectivity index (χ0v) is 22.5. The molecule has 0 saturated carbocycles. The van der Waals surface area contributed by atoms with Crippen LogP contribution >= 0.6 is 0 Å². The van der Waals surface area contributed by atoms with Gasteiger partial charge < -0.3 is 15.4 Å². The van der Waals surface area contributed by atoms with Crippen LogP contribution in [0.2, 0.25) is 0 Å². The van der Waals surface area contributed by atoms with Gasteiger partial charge in [-0.15, -0.1) is 0 Å². The number of aromatic nitrogens is 5. The minimum Gasteiger partial charge on any atom is -0.379 e. The number of hydrogen-bond donors (Lipinski definition) is 3. The van der Waals surface area contributed by atoms with Gasteiger partial charge in [0.15, 0.2) is 0 Å². The van der Waals surface area contributed by atoms with E-state index < -0.39 is 23.5 Å². The van der Waals surface area contributed by atoms with E-state index in [9.17, 15) is 22.4 Å². The molecule has 5 rings (SSSR count). The van der Waals surface area contributed by atoms with Crippen molar-refractivity contribution in [2.24, 2.45) is 0 Å². The minimum atomic E-state index is -4.91. The zero-order valence-electron chi connectivity index (χ0n) is 22.5. The SMILES string of the molecule is Cc1ccc(C(=O)Nc2ccc(F)c(C(F)(F)F)c2)cc1N(c1cc(NCCN2CCOCC2)ncn1)c1ncn[nH]1. The van der Waals surface area contributed by atoms with Crippen LogP contribution in [0.4, 0.5) is 46.5 Å². The highest BCUT2D eigenvalue weighted by Gasteiger charge is 2.34. The molecule has 3 N–H and O–H groups in total. The molecule has 1 fully saturated rings.